The fraction of sp³-hybridized carbons (Fsp3) is 0.0909. The second kappa shape index (κ2) is 11.7. The molecule has 0 amide bonds. The molecular weight excluding hydrogens is 677 g/mol. The molecule has 1 nitrogen and oxygen atoms in total. The Bertz CT molecular complexity index is 3260. The summed E-state index contributed by atoms with van der Waals surface area (Å²) in [6.45, 7) is 4.79. The zero-order chi connectivity index (χ0) is 37.1. The Kier molecular flexibility index (Phi) is 6.58. The largest absolute Gasteiger partial charge is 0.456 e. The van der Waals surface area contributed by atoms with E-state index in [2.05, 4.69) is 178 Å². The molecule has 56 heavy (non-hydrogen) atoms. The van der Waals surface area contributed by atoms with Gasteiger partial charge in [-0.3, -0.25) is 0 Å². The second-order valence-electron chi connectivity index (χ2n) is 16.3. The van der Waals surface area contributed by atoms with Crippen molar-refractivity contribution < 1.29 is 4.42 Å². The van der Waals surface area contributed by atoms with E-state index in [1.165, 1.54) is 110 Å². The van der Waals surface area contributed by atoms with Crippen molar-refractivity contribution in [3.63, 3.8) is 0 Å². The van der Waals surface area contributed by atoms with Gasteiger partial charge in [0.15, 0.2) is 0 Å². The summed E-state index contributed by atoms with van der Waals surface area (Å²) in [7, 11) is 0. The molecule has 1 heteroatoms. The Labute approximate surface area is 326 Å². The van der Waals surface area contributed by atoms with Crippen molar-refractivity contribution in [2.24, 2.45) is 0 Å². The molecule has 0 fully saturated rings. The number of aryl methyl sites for hydroxylation is 1. The second-order valence-corrected chi connectivity index (χ2v) is 16.3. The third-order valence-corrected chi connectivity index (χ3v) is 12.9. The van der Waals surface area contributed by atoms with Gasteiger partial charge in [0.2, 0.25) is 0 Å². The molecule has 1 heterocycles. The SMILES string of the molecule is CC1(C)c2cc(C3=Cc4ccc(-c5c6ccccc6c(-c6ccccc6)c6ccccc56)cc4CC3)ccc2-c2c1ccc1cc3oc4ccccc4c3cc21. The zero-order valence-electron chi connectivity index (χ0n) is 31.5. The number of benzene rings is 9. The Morgan fingerprint density at radius 1 is 0.429 bits per heavy atom. The summed E-state index contributed by atoms with van der Waals surface area (Å²) in [5.74, 6) is 0. The highest BCUT2D eigenvalue weighted by molar-refractivity contribution is 6.21. The minimum Gasteiger partial charge on any atom is -0.456 e. The van der Waals surface area contributed by atoms with Crippen LogP contribution in [0.1, 0.15) is 48.1 Å². The van der Waals surface area contributed by atoms with Gasteiger partial charge in [0.1, 0.15) is 11.2 Å². The molecule has 0 radical (unpaired) electrons. The first-order chi connectivity index (χ1) is 27.5. The molecule has 12 rings (SSSR count). The van der Waals surface area contributed by atoms with E-state index in [1.54, 1.807) is 0 Å². The van der Waals surface area contributed by atoms with Crippen molar-refractivity contribution in [1.82, 2.24) is 0 Å². The maximum Gasteiger partial charge on any atom is 0.136 e. The summed E-state index contributed by atoms with van der Waals surface area (Å²) in [5.41, 5.74) is 18.0. The average molecular weight is 715 g/mol. The minimum absolute atomic E-state index is 0.105. The van der Waals surface area contributed by atoms with Crippen LogP contribution >= 0.6 is 0 Å². The lowest BCUT2D eigenvalue weighted by atomic mass is 9.80. The first kappa shape index (κ1) is 31.6. The molecular formula is C55H38O. The molecule has 9 aromatic carbocycles. The van der Waals surface area contributed by atoms with Crippen LogP contribution in [0, 0.1) is 0 Å². The summed E-state index contributed by atoms with van der Waals surface area (Å²) in [4.78, 5) is 0. The van der Waals surface area contributed by atoms with Crippen LogP contribution in [0.4, 0.5) is 0 Å². The van der Waals surface area contributed by atoms with E-state index in [9.17, 15) is 0 Å². The highest BCUT2D eigenvalue weighted by Crippen LogP contribution is 2.53. The number of furan rings is 1. The summed E-state index contributed by atoms with van der Waals surface area (Å²) in [6, 6.07) is 60.8. The average Bonchev–Trinajstić information content (AvgIpc) is 3.72. The number of para-hydroxylation sites is 1. The summed E-state index contributed by atoms with van der Waals surface area (Å²) in [6.07, 6.45) is 4.49. The standard InChI is InChI=1S/C55H38O/c1-55(2)48-27-25-38-31-51-47(40-14-10-11-19-50(40)56-51)32-46(38)54(48)45-26-24-37(30-49(45)55)35-20-21-36-29-39(23-22-34(36)28-35)53-43-17-8-6-15-41(43)52(33-12-4-3-5-13-33)42-16-7-9-18-44(42)53/h3-19,22-32H,20-21H2,1-2H3. The summed E-state index contributed by atoms with van der Waals surface area (Å²) >= 11 is 0. The normalized spacial score (nSPS) is 14.4. The van der Waals surface area contributed by atoms with Crippen LogP contribution in [0.3, 0.4) is 0 Å². The van der Waals surface area contributed by atoms with Crippen LogP contribution < -0.4 is 0 Å². The highest BCUT2D eigenvalue weighted by Gasteiger charge is 2.37. The van der Waals surface area contributed by atoms with Crippen LogP contribution in [0.15, 0.2) is 168 Å². The Hall–Kier alpha value is -6.70. The number of allylic oxidation sites excluding steroid dienone is 1. The molecule has 0 unspecified atom stereocenters. The minimum atomic E-state index is -0.105. The highest BCUT2D eigenvalue weighted by atomic mass is 16.3. The van der Waals surface area contributed by atoms with Gasteiger partial charge >= 0.3 is 0 Å². The van der Waals surface area contributed by atoms with Crippen LogP contribution in [-0.2, 0) is 11.8 Å². The Morgan fingerprint density at radius 3 is 1.84 bits per heavy atom. The lowest BCUT2D eigenvalue weighted by molar-refractivity contribution is 0.660. The van der Waals surface area contributed by atoms with E-state index in [1.807, 2.05) is 6.07 Å². The topological polar surface area (TPSA) is 13.1 Å². The maximum atomic E-state index is 6.27. The molecule has 1 aromatic heterocycles. The van der Waals surface area contributed by atoms with Crippen LogP contribution in [-0.4, -0.2) is 0 Å². The summed E-state index contributed by atoms with van der Waals surface area (Å²) < 4.78 is 6.27. The van der Waals surface area contributed by atoms with Crippen molar-refractivity contribution in [3.05, 3.63) is 192 Å². The van der Waals surface area contributed by atoms with Gasteiger partial charge in [-0.15, -0.1) is 0 Å². The number of hydrogen-bond donors (Lipinski definition) is 0. The molecule has 0 saturated carbocycles. The third kappa shape index (κ3) is 4.49. The molecule has 0 N–H and O–H groups in total. The molecule has 2 aliphatic carbocycles. The van der Waals surface area contributed by atoms with Crippen LogP contribution in [0.2, 0.25) is 0 Å². The van der Waals surface area contributed by atoms with Gasteiger partial charge in [0.05, 0.1) is 0 Å². The van der Waals surface area contributed by atoms with Gasteiger partial charge < -0.3 is 4.42 Å². The maximum absolute atomic E-state index is 6.27. The van der Waals surface area contributed by atoms with Crippen LogP contribution in [0.5, 0.6) is 0 Å². The molecule has 0 saturated heterocycles. The molecule has 0 aliphatic heterocycles. The van der Waals surface area contributed by atoms with Gasteiger partial charge in [-0.1, -0.05) is 159 Å². The van der Waals surface area contributed by atoms with Gasteiger partial charge in [-0.2, -0.15) is 0 Å². The molecule has 264 valence electrons. The fourth-order valence-electron chi connectivity index (χ4n) is 10.2. The predicted octanol–water partition coefficient (Wildman–Crippen LogP) is 15.2. The first-order valence-corrected chi connectivity index (χ1v) is 19.9. The van der Waals surface area contributed by atoms with Crippen LogP contribution in [0.25, 0.3) is 99.3 Å². The van der Waals surface area contributed by atoms with Gasteiger partial charge in [0, 0.05) is 16.2 Å². The van der Waals surface area contributed by atoms with Crippen molar-refractivity contribution >= 4 is 65.9 Å². The van der Waals surface area contributed by atoms with E-state index in [0.717, 1.165) is 24.0 Å². The first-order valence-electron chi connectivity index (χ1n) is 19.9. The quantitative estimate of drug-likeness (QED) is 0.166. The zero-order valence-corrected chi connectivity index (χ0v) is 31.5. The van der Waals surface area contributed by atoms with E-state index < -0.39 is 0 Å². The number of rotatable bonds is 3. The van der Waals surface area contributed by atoms with E-state index >= 15 is 0 Å². The Balaban J connectivity index is 0.954. The smallest absolute Gasteiger partial charge is 0.136 e. The lowest BCUT2D eigenvalue weighted by Crippen LogP contribution is -2.15. The van der Waals surface area contributed by atoms with Gasteiger partial charge in [-0.25, -0.2) is 0 Å². The molecule has 0 bridgehead atoms. The number of hydrogen-bond acceptors (Lipinski definition) is 1. The van der Waals surface area contributed by atoms with E-state index in [-0.39, 0.29) is 5.41 Å². The van der Waals surface area contributed by atoms with Gasteiger partial charge in [0.25, 0.3) is 0 Å². The predicted molar refractivity (Wildman–Crippen MR) is 237 cm³/mol. The van der Waals surface area contributed by atoms with E-state index in [4.69, 9.17) is 4.42 Å². The lowest BCUT2D eigenvalue weighted by Gasteiger charge is -2.23. The fourth-order valence-corrected chi connectivity index (χ4v) is 10.2. The Morgan fingerprint density at radius 2 is 1.09 bits per heavy atom. The van der Waals surface area contributed by atoms with Crippen molar-refractivity contribution in [3.8, 4) is 33.4 Å². The number of fused-ring (bicyclic) bond motifs is 11. The molecule has 0 atom stereocenters. The summed E-state index contributed by atoms with van der Waals surface area (Å²) in [5, 5.41) is 10.1. The van der Waals surface area contributed by atoms with Crippen molar-refractivity contribution in [1.29, 1.82) is 0 Å². The molecule has 2 aliphatic rings. The molecule has 10 aromatic rings. The molecule has 0 spiro atoms. The van der Waals surface area contributed by atoms with Crippen molar-refractivity contribution in [2.45, 2.75) is 32.1 Å². The van der Waals surface area contributed by atoms with Crippen molar-refractivity contribution in [2.75, 3.05) is 0 Å². The van der Waals surface area contributed by atoms with E-state index in [0.29, 0.717) is 0 Å². The monoisotopic (exact) mass is 714 g/mol. The van der Waals surface area contributed by atoms with Gasteiger partial charge in [-0.05, 0) is 136 Å². The third-order valence-electron chi connectivity index (χ3n) is 12.9.